The molecule has 0 radical (unpaired) electrons. The number of aromatic nitrogens is 2. The van der Waals surface area contributed by atoms with Gasteiger partial charge in [0, 0.05) is 17.7 Å². The minimum absolute atomic E-state index is 0.0845. The van der Waals surface area contributed by atoms with E-state index in [0.29, 0.717) is 39.3 Å². The van der Waals surface area contributed by atoms with E-state index < -0.39 is 16.4 Å². The molecule has 0 saturated heterocycles. The molecular weight excluding hydrogens is 468 g/mol. The molecular formula is C25H22N4O7. The van der Waals surface area contributed by atoms with Crippen LogP contribution in [0.15, 0.2) is 65.5 Å². The topological polar surface area (TPSA) is 135 Å². The molecule has 0 aliphatic heterocycles. The van der Waals surface area contributed by atoms with Gasteiger partial charge in [-0.2, -0.15) is 4.68 Å². The van der Waals surface area contributed by atoms with Crippen LogP contribution in [0.2, 0.25) is 0 Å². The minimum Gasteiger partial charge on any atom is -0.493 e. The van der Waals surface area contributed by atoms with Crippen molar-refractivity contribution in [2.24, 2.45) is 0 Å². The van der Waals surface area contributed by atoms with Crippen LogP contribution in [-0.2, 0) is 11.2 Å². The van der Waals surface area contributed by atoms with E-state index in [1.807, 2.05) is 0 Å². The van der Waals surface area contributed by atoms with Crippen LogP contribution in [0.25, 0.3) is 22.3 Å². The normalized spacial score (nSPS) is 10.6. The molecule has 3 aromatic carbocycles. The van der Waals surface area contributed by atoms with E-state index in [2.05, 4.69) is 10.4 Å². The molecule has 1 N–H and O–H groups in total. The van der Waals surface area contributed by atoms with Crippen molar-refractivity contribution in [2.75, 3.05) is 26.8 Å². The molecule has 4 aromatic rings. The third-order valence-electron chi connectivity index (χ3n) is 5.45. The number of nitro groups is 1. The Morgan fingerprint density at radius 3 is 2.22 bits per heavy atom. The Bertz CT molecular complexity index is 1490. The molecule has 11 nitrogen and oxygen atoms in total. The second-order valence-corrected chi connectivity index (χ2v) is 7.64. The number of hydrogen-bond acceptors (Lipinski definition) is 8. The van der Waals surface area contributed by atoms with Gasteiger partial charge in [-0.05, 0) is 29.8 Å². The van der Waals surface area contributed by atoms with Crippen molar-refractivity contribution in [3.05, 3.63) is 86.7 Å². The lowest BCUT2D eigenvalue weighted by atomic mass is 10.1. The monoisotopic (exact) mass is 490 g/mol. The number of carbonyl (C=O) groups excluding carboxylic acids is 1. The summed E-state index contributed by atoms with van der Waals surface area (Å²) >= 11 is 0. The Balaban J connectivity index is 1.80. The van der Waals surface area contributed by atoms with Crippen LogP contribution in [0, 0.1) is 10.1 Å². The average molecular weight is 490 g/mol. The summed E-state index contributed by atoms with van der Waals surface area (Å²) in [5.41, 5.74) is 3.45. The largest absolute Gasteiger partial charge is 0.493 e. The molecule has 0 aliphatic rings. The number of nitrogens with zero attached hydrogens (tertiary/aromatic N) is 3. The van der Waals surface area contributed by atoms with Gasteiger partial charge in [0.1, 0.15) is 0 Å². The van der Waals surface area contributed by atoms with Crippen LogP contribution in [0.5, 0.6) is 17.2 Å². The standard InChI is InChI=1S/C25H22N4O7/c1-34-20-13-16(14-21(35-2)23(20)36-3)24-26-19-7-5-4-6-18(19)25(31)28(24)27-22(30)12-15-8-10-17(11-9-15)29(32)33/h4-11,13-14H,12H2,1-3H3,(H,27,30). The second-order valence-electron chi connectivity index (χ2n) is 7.64. The summed E-state index contributed by atoms with van der Waals surface area (Å²) < 4.78 is 17.3. The van der Waals surface area contributed by atoms with E-state index in [4.69, 9.17) is 14.2 Å². The Morgan fingerprint density at radius 1 is 1.00 bits per heavy atom. The van der Waals surface area contributed by atoms with Gasteiger partial charge in [0.05, 0.1) is 43.6 Å². The number of hydrogen-bond donors (Lipinski definition) is 1. The van der Waals surface area contributed by atoms with Crippen molar-refractivity contribution in [3.8, 4) is 28.6 Å². The Hall–Kier alpha value is -4.93. The van der Waals surface area contributed by atoms with Gasteiger partial charge in [-0.1, -0.05) is 24.3 Å². The number of amides is 1. The Kier molecular flexibility index (Phi) is 6.81. The molecule has 0 saturated carbocycles. The first-order valence-corrected chi connectivity index (χ1v) is 10.7. The summed E-state index contributed by atoms with van der Waals surface area (Å²) in [5, 5.41) is 11.2. The molecule has 1 aromatic heterocycles. The first kappa shape index (κ1) is 24.2. The smallest absolute Gasteiger partial charge is 0.280 e. The molecule has 0 aliphatic carbocycles. The number of rotatable bonds is 8. The Morgan fingerprint density at radius 2 is 1.64 bits per heavy atom. The maximum absolute atomic E-state index is 13.4. The molecule has 0 fully saturated rings. The number of methoxy groups -OCH3 is 3. The van der Waals surface area contributed by atoms with Crippen LogP contribution in [0.4, 0.5) is 5.69 Å². The second kappa shape index (κ2) is 10.1. The van der Waals surface area contributed by atoms with E-state index in [1.165, 1.54) is 45.6 Å². The number of ether oxygens (including phenoxy) is 3. The lowest BCUT2D eigenvalue weighted by Gasteiger charge is -2.17. The third kappa shape index (κ3) is 4.67. The van der Waals surface area contributed by atoms with E-state index in [1.54, 1.807) is 36.4 Å². The highest BCUT2D eigenvalue weighted by molar-refractivity contribution is 5.88. The quantitative estimate of drug-likeness (QED) is 0.294. The van der Waals surface area contributed by atoms with E-state index in [9.17, 15) is 19.7 Å². The summed E-state index contributed by atoms with van der Waals surface area (Å²) in [4.78, 5) is 41.3. The molecule has 184 valence electrons. The average Bonchev–Trinajstić information content (AvgIpc) is 2.89. The number of fused-ring (bicyclic) bond motifs is 1. The highest BCUT2D eigenvalue weighted by Crippen LogP contribution is 2.40. The zero-order chi connectivity index (χ0) is 25.8. The van der Waals surface area contributed by atoms with Crippen molar-refractivity contribution >= 4 is 22.5 Å². The lowest BCUT2D eigenvalue weighted by Crippen LogP contribution is -2.35. The van der Waals surface area contributed by atoms with Crippen LogP contribution in [0.1, 0.15) is 5.56 Å². The summed E-state index contributed by atoms with van der Waals surface area (Å²) in [6, 6.07) is 15.6. The maximum Gasteiger partial charge on any atom is 0.280 e. The van der Waals surface area contributed by atoms with E-state index >= 15 is 0 Å². The van der Waals surface area contributed by atoms with E-state index in [0.717, 1.165) is 4.68 Å². The Labute approximate surface area is 205 Å². The fraction of sp³-hybridized carbons (Fsp3) is 0.160. The highest BCUT2D eigenvalue weighted by Gasteiger charge is 2.20. The van der Waals surface area contributed by atoms with Crippen molar-refractivity contribution in [2.45, 2.75) is 6.42 Å². The molecule has 0 atom stereocenters. The number of non-ortho nitro benzene ring substituents is 1. The number of benzene rings is 3. The van der Waals surface area contributed by atoms with Gasteiger partial charge in [0.15, 0.2) is 17.3 Å². The summed E-state index contributed by atoms with van der Waals surface area (Å²) in [6.07, 6.45) is -0.119. The van der Waals surface area contributed by atoms with Crippen LogP contribution >= 0.6 is 0 Å². The summed E-state index contributed by atoms with van der Waals surface area (Å²) in [6.45, 7) is 0. The molecule has 0 bridgehead atoms. The zero-order valence-electron chi connectivity index (χ0n) is 19.7. The molecule has 4 rings (SSSR count). The predicted octanol–water partition coefficient (Wildman–Crippen LogP) is 3.31. The van der Waals surface area contributed by atoms with Gasteiger partial charge in [-0.15, -0.1) is 0 Å². The van der Waals surface area contributed by atoms with Crippen LogP contribution in [-0.4, -0.2) is 41.8 Å². The number of para-hydroxylation sites is 1. The fourth-order valence-electron chi connectivity index (χ4n) is 3.73. The zero-order valence-corrected chi connectivity index (χ0v) is 19.7. The van der Waals surface area contributed by atoms with Gasteiger partial charge in [-0.3, -0.25) is 25.1 Å². The minimum atomic E-state index is -0.520. The SMILES string of the molecule is COc1cc(-c2nc3ccccc3c(=O)n2NC(=O)Cc2ccc([N+](=O)[O-])cc2)cc(OC)c1OC. The first-order valence-electron chi connectivity index (χ1n) is 10.7. The van der Waals surface area contributed by atoms with Crippen molar-refractivity contribution in [3.63, 3.8) is 0 Å². The van der Waals surface area contributed by atoms with E-state index in [-0.39, 0.29) is 17.9 Å². The van der Waals surface area contributed by atoms with Crippen LogP contribution in [0.3, 0.4) is 0 Å². The first-order chi connectivity index (χ1) is 17.4. The van der Waals surface area contributed by atoms with Gasteiger partial charge in [-0.25, -0.2) is 4.98 Å². The fourth-order valence-corrected chi connectivity index (χ4v) is 3.73. The van der Waals surface area contributed by atoms with Crippen molar-refractivity contribution < 1.29 is 23.9 Å². The van der Waals surface area contributed by atoms with Gasteiger partial charge >= 0.3 is 0 Å². The lowest BCUT2D eigenvalue weighted by molar-refractivity contribution is -0.384. The number of nitro benzene ring substituents is 1. The molecule has 11 heteroatoms. The van der Waals surface area contributed by atoms with Gasteiger partial charge < -0.3 is 14.2 Å². The predicted molar refractivity (Wildman–Crippen MR) is 132 cm³/mol. The molecule has 0 unspecified atom stereocenters. The molecule has 1 amide bonds. The number of nitrogens with one attached hydrogen (secondary N) is 1. The van der Waals surface area contributed by atoms with Crippen molar-refractivity contribution in [1.29, 1.82) is 0 Å². The third-order valence-corrected chi connectivity index (χ3v) is 5.45. The van der Waals surface area contributed by atoms with Crippen LogP contribution < -0.4 is 25.2 Å². The van der Waals surface area contributed by atoms with Crippen molar-refractivity contribution in [1.82, 2.24) is 9.66 Å². The van der Waals surface area contributed by atoms with Gasteiger partial charge in [0.25, 0.3) is 11.2 Å². The summed E-state index contributed by atoms with van der Waals surface area (Å²) in [7, 11) is 4.41. The highest BCUT2D eigenvalue weighted by atomic mass is 16.6. The molecule has 0 spiro atoms. The maximum atomic E-state index is 13.4. The molecule has 1 heterocycles. The number of carbonyl (C=O) groups is 1. The summed E-state index contributed by atoms with van der Waals surface area (Å²) in [5.74, 6) is 0.684. The molecule has 36 heavy (non-hydrogen) atoms. The van der Waals surface area contributed by atoms with Gasteiger partial charge in [0.2, 0.25) is 11.7 Å².